The van der Waals surface area contributed by atoms with E-state index in [1.807, 2.05) is 13.0 Å². The van der Waals surface area contributed by atoms with Crippen molar-refractivity contribution in [3.63, 3.8) is 0 Å². The topological polar surface area (TPSA) is 42.3 Å². The summed E-state index contributed by atoms with van der Waals surface area (Å²) in [6, 6.07) is 1.82. The van der Waals surface area contributed by atoms with E-state index < -0.39 is 9.73 Å². The third kappa shape index (κ3) is 2.62. The third-order valence-corrected chi connectivity index (χ3v) is 1.88. The summed E-state index contributed by atoms with van der Waals surface area (Å²) in [5.41, 5.74) is 1.54. The van der Waals surface area contributed by atoms with Gasteiger partial charge in [-0.3, -0.25) is 4.98 Å². The average Bonchev–Trinajstić information content (AvgIpc) is 1.91. The lowest BCUT2D eigenvalue weighted by molar-refractivity contribution is 0.684. The molecular formula is C8H11N2OS. The molecule has 0 aliphatic heterocycles. The first-order valence-electron chi connectivity index (χ1n) is 3.49. The zero-order chi connectivity index (χ0) is 9.19. The molecule has 65 valence electrons. The highest BCUT2D eigenvalue weighted by molar-refractivity contribution is 7.92. The summed E-state index contributed by atoms with van der Waals surface area (Å²) in [7, 11) is -2.10. The van der Waals surface area contributed by atoms with Crippen LogP contribution < -0.4 is 0 Å². The largest absolute Gasteiger partial charge is 0.252 e. The van der Waals surface area contributed by atoms with Crippen LogP contribution in [0.25, 0.3) is 0 Å². The molecule has 3 nitrogen and oxygen atoms in total. The van der Waals surface area contributed by atoms with E-state index in [-0.39, 0.29) is 0 Å². The molecule has 1 heterocycles. The molecule has 12 heavy (non-hydrogen) atoms. The Balaban J connectivity index is 3.23. The first-order chi connectivity index (χ1) is 5.49. The molecule has 0 saturated carbocycles. The molecule has 0 aromatic carbocycles. The molecule has 1 aromatic rings. The lowest BCUT2D eigenvalue weighted by Crippen LogP contribution is -1.90. The molecule has 4 heteroatoms. The Hall–Kier alpha value is -0.900. The average molecular weight is 183 g/mol. The predicted molar refractivity (Wildman–Crippen MR) is 49.9 cm³/mol. The molecule has 0 spiro atoms. The minimum Gasteiger partial charge on any atom is -0.252 e. The van der Waals surface area contributed by atoms with Crippen LogP contribution in [-0.4, -0.2) is 21.7 Å². The van der Waals surface area contributed by atoms with Gasteiger partial charge >= 0.3 is 0 Å². The standard InChI is InChI=1S/C8H11N2OS/c1-7-4-5-9-6-8(7)10-12(2,3)11/h4-5H,1-3H3. The van der Waals surface area contributed by atoms with Gasteiger partial charge in [0.25, 0.3) is 0 Å². The number of aromatic nitrogens is 1. The van der Waals surface area contributed by atoms with E-state index >= 15 is 0 Å². The van der Waals surface area contributed by atoms with Crippen molar-refractivity contribution >= 4 is 15.4 Å². The molecule has 0 bridgehead atoms. The van der Waals surface area contributed by atoms with Crippen LogP contribution in [0.2, 0.25) is 0 Å². The Labute approximate surface area is 73.0 Å². The summed E-state index contributed by atoms with van der Waals surface area (Å²) < 4.78 is 15.3. The van der Waals surface area contributed by atoms with E-state index in [1.54, 1.807) is 18.7 Å². The predicted octanol–water partition coefficient (Wildman–Crippen LogP) is 1.55. The van der Waals surface area contributed by atoms with E-state index in [9.17, 15) is 4.21 Å². The van der Waals surface area contributed by atoms with Crippen molar-refractivity contribution in [1.29, 1.82) is 0 Å². The van der Waals surface area contributed by atoms with Crippen molar-refractivity contribution in [2.24, 2.45) is 4.36 Å². The smallest absolute Gasteiger partial charge is 0.117 e. The third-order valence-electron chi connectivity index (χ3n) is 1.25. The SMILES string of the molecule is Cc1ccn[c]c1N=S(C)(C)=O. The Morgan fingerprint density at radius 3 is 2.75 bits per heavy atom. The maximum atomic E-state index is 11.3. The summed E-state index contributed by atoms with van der Waals surface area (Å²) in [4.78, 5) is 3.79. The summed E-state index contributed by atoms with van der Waals surface area (Å²) >= 11 is 0. The van der Waals surface area contributed by atoms with Crippen molar-refractivity contribution in [2.75, 3.05) is 12.5 Å². The maximum Gasteiger partial charge on any atom is 0.117 e. The Bertz CT molecular complexity index is 384. The van der Waals surface area contributed by atoms with Gasteiger partial charge in [0.15, 0.2) is 0 Å². The van der Waals surface area contributed by atoms with Crippen LogP contribution in [0.15, 0.2) is 16.6 Å². The lowest BCUT2D eigenvalue weighted by atomic mass is 10.3. The Morgan fingerprint density at radius 1 is 1.58 bits per heavy atom. The number of nitrogens with zero attached hydrogens (tertiary/aromatic N) is 2. The van der Waals surface area contributed by atoms with Crippen molar-refractivity contribution in [3.05, 3.63) is 24.0 Å². The second-order valence-electron chi connectivity index (χ2n) is 2.86. The first kappa shape index (κ1) is 9.19. The van der Waals surface area contributed by atoms with Gasteiger partial charge in [0.2, 0.25) is 0 Å². The molecule has 0 fully saturated rings. The Morgan fingerprint density at radius 2 is 2.25 bits per heavy atom. The number of pyridine rings is 1. The molecule has 1 aromatic heterocycles. The number of hydrogen-bond donors (Lipinski definition) is 0. The number of aryl methyl sites for hydroxylation is 1. The van der Waals surface area contributed by atoms with Gasteiger partial charge in [-0.1, -0.05) is 0 Å². The van der Waals surface area contributed by atoms with Gasteiger partial charge < -0.3 is 0 Å². The molecule has 1 rings (SSSR count). The number of rotatable bonds is 1. The number of hydrogen-bond acceptors (Lipinski definition) is 3. The molecule has 0 saturated heterocycles. The van der Waals surface area contributed by atoms with Gasteiger partial charge in [0.1, 0.15) is 11.9 Å². The van der Waals surface area contributed by atoms with Gasteiger partial charge in [0.05, 0.1) is 0 Å². The van der Waals surface area contributed by atoms with E-state index in [2.05, 4.69) is 15.5 Å². The van der Waals surface area contributed by atoms with Crippen molar-refractivity contribution in [3.8, 4) is 0 Å². The first-order valence-corrected chi connectivity index (χ1v) is 5.82. The van der Waals surface area contributed by atoms with Gasteiger partial charge in [-0.25, -0.2) is 4.21 Å². The van der Waals surface area contributed by atoms with Crippen LogP contribution in [0, 0.1) is 13.1 Å². The van der Waals surface area contributed by atoms with Crippen LogP contribution in [0.5, 0.6) is 0 Å². The molecule has 1 radical (unpaired) electrons. The molecule has 0 aliphatic rings. The summed E-state index contributed by atoms with van der Waals surface area (Å²) in [5, 5.41) is 0. The zero-order valence-electron chi connectivity index (χ0n) is 7.37. The molecule has 0 amide bonds. The highest BCUT2D eigenvalue weighted by atomic mass is 32.2. The van der Waals surface area contributed by atoms with E-state index in [0.29, 0.717) is 5.69 Å². The van der Waals surface area contributed by atoms with Crippen LogP contribution >= 0.6 is 0 Å². The summed E-state index contributed by atoms with van der Waals surface area (Å²) in [6.45, 7) is 1.89. The molecule has 0 aliphatic carbocycles. The fraction of sp³-hybridized carbons (Fsp3) is 0.375. The van der Waals surface area contributed by atoms with E-state index in [0.717, 1.165) is 5.56 Å². The summed E-state index contributed by atoms with van der Waals surface area (Å²) in [5.74, 6) is 0. The molecule has 0 atom stereocenters. The van der Waals surface area contributed by atoms with Crippen molar-refractivity contribution in [2.45, 2.75) is 6.92 Å². The monoisotopic (exact) mass is 183 g/mol. The quantitative estimate of drug-likeness (QED) is 0.663. The molecular weight excluding hydrogens is 172 g/mol. The van der Waals surface area contributed by atoms with E-state index in [4.69, 9.17) is 0 Å². The lowest BCUT2D eigenvalue weighted by Gasteiger charge is -1.98. The van der Waals surface area contributed by atoms with Gasteiger partial charge in [0, 0.05) is 28.4 Å². The van der Waals surface area contributed by atoms with Crippen LogP contribution in [0.1, 0.15) is 5.56 Å². The van der Waals surface area contributed by atoms with Gasteiger partial charge in [-0.15, -0.1) is 0 Å². The molecule has 0 unspecified atom stereocenters. The zero-order valence-corrected chi connectivity index (χ0v) is 8.18. The minimum atomic E-state index is -2.10. The van der Waals surface area contributed by atoms with Crippen LogP contribution in [-0.2, 0) is 9.73 Å². The minimum absolute atomic E-state index is 0.590. The summed E-state index contributed by atoms with van der Waals surface area (Å²) in [6.07, 6.45) is 7.52. The van der Waals surface area contributed by atoms with Gasteiger partial charge in [-0.2, -0.15) is 4.36 Å². The highest BCUT2D eigenvalue weighted by Crippen LogP contribution is 2.16. The molecule has 0 N–H and O–H groups in total. The second-order valence-corrected chi connectivity index (χ2v) is 5.41. The second kappa shape index (κ2) is 3.23. The van der Waals surface area contributed by atoms with E-state index in [1.165, 1.54) is 0 Å². The fourth-order valence-electron chi connectivity index (χ4n) is 0.727. The van der Waals surface area contributed by atoms with Crippen LogP contribution in [0.3, 0.4) is 0 Å². The van der Waals surface area contributed by atoms with Crippen LogP contribution in [0.4, 0.5) is 5.69 Å². The Kier molecular flexibility index (Phi) is 2.47. The normalized spacial score (nSPS) is 11.2. The van der Waals surface area contributed by atoms with Crippen molar-refractivity contribution < 1.29 is 4.21 Å². The van der Waals surface area contributed by atoms with Crippen molar-refractivity contribution in [1.82, 2.24) is 4.98 Å². The van der Waals surface area contributed by atoms with Gasteiger partial charge in [-0.05, 0) is 18.6 Å². The highest BCUT2D eigenvalue weighted by Gasteiger charge is 1.97. The fourth-order valence-corrected chi connectivity index (χ4v) is 1.35. The maximum absolute atomic E-state index is 11.3.